The van der Waals surface area contributed by atoms with E-state index in [0.29, 0.717) is 11.6 Å². The van der Waals surface area contributed by atoms with E-state index in [-0.39, 0.29) is 23.0 Å². The molecule has 1 aromatic heterocycles. The van der Waals surface area contributed by atoms with E-state index in [1.807, 2.05) is 60.8 Å². The van der Waals surface area contributed by atoms with Gasteiger partial charge >= 0.3 is 0 Å². The van der Waals surface area contributed by atoms with Crippen molar-refractivity contribution in [2.75, 3.05) is 17.7 Å². The zero-order valence-corrected chi connectivity index (χ0v) is 19.6. The summed E-state index contributed by atoms with van der Waals surface area (Å²) in [5.41, 5.74) is 2.55. The molecule has 3 aromatic rings. The summed E-state index contributed by atoms with van der Waals surface area (Å²) in [7, 11) is 1.63. The molecule has 2 amide bonds. The van der Waals surface area contributed by atoms with Crippen molar-refractivity contribution >= 4 is 45.7 Å². The molecule has 6 nitrogen and oxygen atoms in total. The van der Waals surface area contributed by atoms with Crippen molar-refractivity contribution in [2.45, 2.75) is 36.3 Å². The standard InChI is InChI=1S/C24H25N3O3S2/c1-3-21(32-19-6-4-5-17(13-19)25-22(28)16-7-8-16)23(29)27-24-26-20(14-31-24)15-9-11-18(30-2)12-10-15/h4-6,9-14,16,21H,3,7-8H2,1-2H3,(H,25,28)(H,26,27,29). The van der Waals surface area contributed by atoms with Crippen LogP contribution in [0.25, 0.3) is 11.3 Å². The maximum Gasteiger partial charge on any atom is 0.239 e. The third-order valence-electron chi connectivity index (χ3n) is 5.11. The third-order valence-corrected chi connectivity index (χ3v) is 7.23. The van der Waals surface area contributed by atoms with Crippen LogP contribution in [0.3, 0.4) is 0 Å². The van der Waals surface area contributed by atoms with Crippen molar-refractivity contribution in [3.05, 3.63) is 53.9 Å². The van der Waals surface area contributed by atoms with Gasteiger partial charge in [0, 0.05) is 27.4 Å². The molecule has 1 heterocycles. The van der Waals surface area contributed by atoms with Crippen LogP contribution in [0.4, 0.5) is 10.8 Å². The molecule has 0 aliphatic heterocycles. The number of thiazole rings is 1. The molecule has 4 rings (SSSR count). The normalized spacial score (nSPS) is 13.9. The average molecular weight is 468 g/mol. The number of hydrogen-bond acceptors (Lipinski definition) is 6. The minimum Gasteiger partial charge on any atom is -0.497 e. The Balaban J connectivity index is 1.38. The van der Waals surface area contributed by atoms with Gasteiger partial charge in [0.2, 0.25) is 11.8 Å². The molecular formula is C24H25N3O3S2. The van der Waals surface area contributed by atoms with Crippen molar-refractivity contribution in [2.24, 2.45) is 5.92 Å². The molecule has 0 saturated heterocycles. The van der Waals surface area contributed by atoms with E-state index < -0.39 is 0 Å². The molecule has 0 bridgehead atoms. The van der Waals surface area contributed by atoms with Gasteiger partial charge < -0.3 is 15.4 Å². The highest BCUT2D eigenvalue weighted by Gasteiger charge is 2.29. The number of nitrogens with zero attached hydrogens (tertiary/aromatic N) is 1. The number of ether oxygens (including phenoxy) is 1. The first-order chi connectivity index (χ1) is 15.6. The van der Waals surface area contributed by atoms with Crippen LogP contribution in [0, 0.1) is 5.92 Å². The molecule has 1 fully saturated rings. The smallest absolute Gasteiger partial charge is 0.239 e. The van der Waals surface area contributed by atoms with Crippen molar-refractivity contribution in [3.63, 3.8) is 0 Å². The Morgan fingerprint density at radius 1 is 1.19 bits per heavy atom. The SMILES string of the molecule is CCC(Sc1cccc(NC(=O)C2CC2)c1)C(=O)Nc1nc(-c2ccc(OC)cc2)cs1. The minimum atomic E-state index is -0.266. The Labute approximate surface area is 195 Å². The van der Waals surface area contributed by atoms with E-state index >= 15 is 0 Å². The van der Waals surface area contributed by atoms with Crippen molar-refractivity contribution in [3.8, 4) is 17.0 Å². The van der Waals surface area contributed by atoms with Crippen LogP contribution < -0.4 is 15.4 Å². The van der Waals surface area contributed by atoms with Gasteiger partial charge in [-0.2, -0.15) is 0 Å². The molecule has 1 atom stereocenters. The molecule has 32 heavy (non-hydrogen) atoms. The summed E-state index contributed by atoms with van der Waals surface area (Å²) >= 11 is 2.89. The Morgan fingerprint density at radius 2 is 1.97 bits per heavy atom. The summed E-state index contributed by atoms with van der Waals surface area (Å²) in [5.74, 6) is 0.937. The number of amides is 2. The summed E-state index contributed by atoms with van der Waals surface area (Å²) in [6, 6.07) is 15.3. The van der Waals surface area contributed by atoms with Gasteiger partial charge in [0.1, 0.15) is 5.75 Å². The van der Waals surface area contributed by atoms with Crippen LogP contribution in [0.5, 0.6) is 5.75 Å². The topological polar surface area (TPSA) is 80.3 Å². The molecule has 2 aromatic carbocycles. The molecule has 0 spiro atoms. The maximum absolute atomic E-state index is 12.9. The van der Waals surface area contributed by atoms with E-state index in [9.17, 15) is 9.59 Å². The van der Waals surface area contributed by atoms with E-state index in [1.54, 1.807) is 7.11 Å². The lowest BCUT2D eigenvalue weighted by molar-refractivity contribution is -0.117. The van der Waals surface area contributed by atoms with E-state index in [4.69, 9.17) is 4.74 Å². The predicted octanol–water partition coefficient (Wildman–Crippen LogP) is 5.68. The number of rotatable bonds is 9. The minimum absolute atomic E-state index is 0.0772. The number of anilines is 2. The number of carbonyl (C=O) groups is 2. The fraction of sp³-hybridized carbons (Fsp3) is 0.292. The second kappa shape index (κ2) is 10.2. The first kappa shape index (κ1) is 22.4. The molecule has 2 N–H and O–H groups in total. The van der Waals surface area contributed by atoms with Crippen LogP contribution >= 0.6 is 23.1 Å². The highest BCUT2D eigenvalue weighted by atomic mass is 32.2. The molecule has 8 heteroatoms. The number of thioether (sulfide) groups is 1. The number of aromatic nitrogens is 1. The largest absolute Gasteiger partial charge is 0.497 e. The van der Waals surface area contributed by atoms with Crippen molar-refractivity contribution in [1.82, 2.24) is 4.98 Å². The lowest BCUT2D eigenvalue weighted by Gasteiger charge is -2.14. The Hall–Kier alpha value is -2.84. The van der Waals surface area contributed by atoms with Gasteiger partial charge in [0.15, 0.2) is 5.13 Å². The van der Waals surface area contributed by atoms with Gasteiger partial charge in [-0.3, -0.25) is 9.59 Å². The van der Waals surface area contributed by atoms with Crippen LogP contribution in [-0.2, 0) is 9.59 Å². The maximum atomic E-state index is 12.9. The van der Waals surface area contributed by atoms with Gasteiger partial charge in [-0.15, -0.1) is 23.1 Å². The van der Waals surface area contributed by atoms with E-state index in [2.05, 4.69) is 15.6 Å². The van der Waals surface area contributed by atoms with Crippen LogP contribution in [0.2, 0.25) is 0 Å². The molecule has 166 valence electrons. The summed E-state index contributed by atoms with van der Waals surface area (Å²) in [5, 5.41) is 8.15. The first-order valence-electron chi connectivity index (χ1n) is 10.5. The van der Waals surface area contributed by atoms with Gasteiger partial charge in [-0.1, -0.05) is 13.0 Å². The fourth-order valence-corrected chi connectivity index (χ4v) is 4.87. The van der Waals surface area contributed by atoms with Crippen molar-refractivity contribution in [1.29, 1.82) is 0 Å². The molecule has 0 radical (unpaired) electrons. The lowest BCUT2D eigenvalue weighted by Crippen LogP contribution is -2.24. The molecule has 1 aliphatic carbocycles. The van der Waals surface area contributed by atoms with Crippen molar-refractivity contribution < 1.29 is 14.3 Å². The second-order valence-electron chi connectivity index (χ2n) is 7.56. The van der Waals surface area contributed by atoms with Gasteiger partial charge in [-0.05, 0) is 61.7 Å². The number of methoxy groups -OCH3 is 1. The molecular weight excluding hydrogens is 442 g/mol. The second-order valence-corrected chi connectivity index (χ2v) is 9.70. The van der Waals surface area contributed by atoms with Gasteiger partial charge in [0.25, 0.3) is 0 Å². The first-order valence-corrected chi connectivity index (χ1v) is 12.3. The summed E-state index contributed by atoms with van der Waals surface area (Å²) in [6.07, 6.45) is 2.61. The number of hydrogen-bond donors (Lipinski definition) is 2. The highest BCUT2D eigenvalue weighted by molar-refractivity contribution is 8.00. The van der Waals surface area contributed by atoms with Gasteiger partial charge in [0.05, 0.1) is 18.1 Å². The highest BCUT2D eigenvalue weighted by Crippen LogP contribution is 2.32. The zero-order valence-electron chi connectivity index (χ0n) is 18.0. The fourth-order valence-electron chi connectivity index (χ4n) is 3.13. The Kier molecular flexibility index (Phi) is 7.12. The van der Waals surface area contributed by atoms with Crippen LogP contribution in [0.1, 0.15) is 26.2 Å². The average Bonchev–Trinajstić information content (AvgIpc) is 3.57. The van der Waals surface area contributed by atoms with E-state index in [1.165, 1.54) is 23.1 Å². The van der Waals surface area contributed by atoms with Crippen LogP contribution in [-0.4, -0.2) is 29.2 Å². The molecule has 1 saturated carbocycles. The Bertz CT molecular complexity index is 1090. The quantitative estimate of drug-likeness (QED) is 0.396. The van der Waals surface area contributed by atoms with Gasteiger partial charge in [-0.25, -0.2) is 4.98 Å². The predicted molar refractivity (Wildman–Crippen MR) is 130 cm³/mol. The van der Waals surface area contributed by atoms with Crippen LogP contribution in [0.15, 0.2) is 58.8 Å². The third kappa shape index (κ3) is 5.69. The summed E-state index contributed by atoms with van der Waals surface area (Å²) in [6.45, 7) is 1.99. The zero-order chi connectivity index (χ0) is 22.5. The lowest BCUT2D eigenvalue weighted by atomic mass is 10.2. The Morgan fingerprint density at radius 3 is 2.66 bits per heavy atom. The molecule has 1 aliphatic rings. The number of benzene rings is 2. The number of nitrogens with one attached hydrogen (secondary N) is 2. The summed E-state index contributed by atoms with van der Waals surface area (Å²) in [4.78, 5) is 30.4. The number of carbonyl (C=O) groups excluding carboxylic acids is 2. The summed E-state index contributed by atoms with van der Waals surface area (Å²) < 4.78 is 5.19. The monoisotopic (exact) mass is 467 g/mol. The van der Waals surface area contributed by atoms with E-state index in [0.717, 1.165) is 40.4 Å². The molecule has 1 unspecified atom stereocenters.